The smallest absolute Gasteiger partial charge is 0.303 e. The van der Waals surface area contributed by atoms with E-state index in [1.165, 1.54) is 0 Å². The van der Waals surface area contributed by atoms with E-state index in [1.807, 2.05) is 0 Å². The number of nitrogens with two attached hydrogens (primary N) is 2. The molecule has 1 rings (SSSR count). The van der Waals surface area contributed by atoms with Crippen LogP contribution in [0.15, 0.2) is 0 Å². The Morgan fingerprint density at radius 3 is 2.35 bits per heavy atom. The first-order chi connectivity index (χ1) is 8.08. The Labute approximate surface area is 98.5 Å². The van der Waals surface area contributed by atoms with Crippen molar-refractivity contribution in [2.75, 3.05) is 23.3 Å². The van der Waals surface area contributed by atoms with Gasteiger partial charge in [-0.2, -0.15) is 15.0 Å². The molecule has 0 atom stereocenters. The summed E-state index contributed by atoms with van der Waals surface area (Å²) in [4.78, 5) is 21.6. The molecule has 1 aromatic heterocycles. The third kappa shape index (κ3) is 5.50. The zero-order valence-corrected chi connectivity index (χ0v) is 9.39. The van der Waals surface area contributed by atoms with Crippen molar-refractivity contribution in [1.82, 2.24) is 15.0 Å². The molecule has 0 fully saturated rings. The van der Waals surface area contributed by atoms with Gasteiger partial charge in [-0.25, -0.2) is 0 Å². The van der Waals surface area contributed by atoms with Crippen molar-refractivity contribution in [3.63, 3.8) is 0 Å². The van der Waals surface area contributed by atoms with Crippen molar-refractivity contribution in [2.24, 2.45) is 0 Å². The molecule has 17 heavy (non-hydrogen) atoms. The van der Waals surface area contributed by atoms with Crippen LogP contribution in [0.1, 0.15) is 25.7 Å². The Bertz CT molecular complexity index is 363. The van der Waals surface area contributed by atoms with Gasteiger partial charge in [0.15, 0.2) is 0 Å². The molecule has 8 nitrogen and oxygen atoms in total. The maximum Gasteiger partial charge on any atom is 0.303 e. The van der Waals surface area contributed by atoms with E-state index in [1.54, 1.807) is 0 Å². The summed E-state index contributed by atoms with van der Waals surface area (Å²) >= 11 is 0. The van der Waals surface area contributed by atoms with Crippen LogP contribution >= 0.6 is 0 Å². The molecule has 0 saturated heterocycles. The average molecular weight is 240 g/mol. The highest BCUT2D eigenvalue weighted by Crippen LogP contribution is 2.05. The summed E-state index contributed by atoms with van der Waals surface area (Å²) < 4.78 is 0. The van der Waals surface area contributed by atoms with Gasteiger partial charge < -0.3 is 21.9 Å². The molecular weight excluding hydrogens is 224 g/mol. The highest BCUT2D eigenvalue weighted by Gasteiger charge is 2.01. The van der Waals surface area contributed by atoms with Gasteiger partial charge in [-0.15, -0.1) is 0 Å². The Hall–Kier alpha value is -2.12. The van der Waals surface area contributed by atoms with E-state index in [4.69, 9.17) is 16.6 Å². The molecule has 1 heterocycles. The van der Waals surface area contributed by atoms with E-state index >= 15 is 0 Å². The fraction of sp³-hybridized carbons (Fsp3) is 0.556. The molecule has 0 aliphatic heterocycles. The number of unbranched alkanes of at least 4 members (excludes halogenated alkanes) is 2. The van der Waals surface area contributed by atoms with Crippen LogP contribution in [0, 0.1) is 0 Å². The topological polar surface area (TPSA) is 140 Å². The zero-order chi connectivity index (χ0) is 12.7. The second-order valence-electron chi connectivity index (χ2n) is 3.51. The number of rotatable bonds is 7. The van der Waals surface area contributed by atoms with Crippen molar-refractivity contribution >= 4 is 23.8 Å². The molecule has 0 unspecified atom stereocenters. The lowest BCUT2D eigenvalue weighted by Gasteiger charge is -2.05. The number of carboxylic acids is 1. The Morgan fingerprint density at radius 1 is 1.12 bits per heavy atom. The zero-order valence-electron chi connectivity index (χ0n) is 9.39. The lowest BCUT2D eigenvalue weighted by atomic mass is 10.2. The van der Waals surface area contributed by atoms with Crippen LogP contribution in [0.4, 0.5) is 17.8 Å². The van der Waals surface area contributed by atoms with Gasteiger partial charge in [0.05, 0.1) is 0 Å². The number of hydrogen-bond acceptors (Lipinski definition) is 7. The summed E-state index contributed by atoms with van der Waals surface area (Å²) in [6.07, 6.45) is 2.53. The second-order valence-corrected chi connectivity index (χ2v) is 3.51. The van der Waals surface area contributed by atoms with Crippen LogP contribution in [0.5, 0.6) is 0 Å². The van der Waals surface area contributed by atoms with Crippen molar-refractivity contribution in [1.29, 1.82) is 0 Å². The molecule has 94 valence electrons. The predicted molar refractivity (Wildman–Crippen MR) is 63.2 cm³/mol. The molecule has 0 aliphatic rings. The molecule has 8 heteroatoms. The standard InChI is InChI=1S/C9H16N6O2/c10-7-13-8(11)15-9(14-7)12-5-3-1-2-4-6(16)17/h1-5H2,(H,16,17)(H5,10,11,12,13,14,15). The Morgan fingerprint density at radius 2 is 1.76 bits per heavy atom. The third-order valence-electron chi connectivity index (χ3n) is 2.02. The van der Waals surface area contributed by atoms with E-state index in [0.29, 0.717) is 18.9 Å². The average Bonchev–Trinajstić information content (AvgIpc) is 2.21. The van der Waals surface area contributed by atoms with E-state index in [9.17, 15) is 4.79 Å². The molecule has 0 spiro atoms. The number of aliphatic carboxylic acids is 1. The van der Waals surface area contributed by atoms with Crippen LogP contribution in [0.3, 0.4) is 0 Å². The molecule has 6 N–H and O–H groups in total. The lowest BCUT2D eigenvalue weighted by molar-refractivity contribution is -0.137. The largest absolute Gasteiger partial charge is 0.481 e. The molecule has 0 aromatic carbocycles. The third-order valence-corrected chi connectivity index (χ3v) is 2.02. The predicted octanol–water partition coefficient (Wildman–Crippen LogP) is 0.0929. The Kier molecular flexibility index (Phi) is 4.92. The first-order valence-electron chi connectivity index (χ1n) is 5.30. The minimum atomic E-state index is -0.768. The first kappa shape index (κ1) is 12.9. The summed E-state index contributed by atoms with van der Waals surface area (Å²) in [6.45, 7) is 0.641. The molecule has 0 bridgehead atoms. The quantitative estimate of drug-likeness (QED) is 0.491. The van der Waals surface area contributed by atoms with Gasteiger partial charge in [-0.1, -0.05) is 6.42 Å². The monoisotopic (exact) mass is 240 g/mol. The SMILES string of the molecule is Nc1nc(N)nc(NCCCCCC(=O)O)n1. The highest BCUT2D eigenvalue weighted by molar-refractivity contribution is 5.66. The minimum Gasteiger partial charge on any atom is -0.481 e. The van der Waals surface area contributed by atoms with Gasteiger partial charge in [-0.3, -0.25) is 4.79 Å². The summed E-state index contributed by atoms with van der Waals surface area (Å²) in [5.74, 6) is -0.277. The fourth-order valence-electron chi connectivity index (χ4n) is 1.27. The summed E-state index contributed by atoms with van der Waals surface area (Å²) in [7, 11) is 0. The molecule has 1 aromatic rings. The minimum absolute atomic E-state index is 0.0749. The van der Waals surface area contributed by atoms with Crippen LogP contribution in [0.2, 0.25) is 0 Å². The molecule has 0 saturated carbocycles. The van der Waals surface area contributed by atoms with Crippen molar-refractivity contribution in [3.05, 3.63) is 0 Å². The molecule has 0 aliphatic carbocycles. The molecule has 0 amide bonds. The van der Waals surface area contributed by atoms with E-state index in [2.05, 4.69) is 20.3 Å². The van der Waals surface area contributed by atoms with Crippen molar-refractivity contribution < 1.29 is 9.90 Å². The van der Waals surface area contributed by atoms with Gasteiger partial charge in [0.1, 0.15) is 0 Å². The van der Waals surface area contributed by atoms with Gasteiger partial charge in [-0.05, 0) is 12.8 Å². The van der Waals surface area contributed by atoms with Gasteiger partial charge in [0, 0.05) is 13.0 Å². The maximum absolute atomic E-state index is 10.3. The van der Waals surface area contributed by atoms with Crippen molar-refractivity contribution in [3.8, 4) is 0 Å². The normalized spacial score (nSPS) is 10.1. The summed E-state index contributed by atoms with van der Waals surface area (Å²) in [5, 5.41) is 11.4. The van der Waals surface area contributed by atoms with Gasteiger partial charge in [0.25, 0.3) is 0 Å². The highest BCUT2D eigenvalue weighted by atomic mass is 16.4. The van der Waals surface area contributed by atoms with Gasteiger partial charge in [0.2, 0.25) is 17.8 Å². The summed E-state index contributed by atoms with van der Waals surface area (Å²) in [5.41, 5.74) is 10.8. The number of carbonyl (C=O) groups is 1. The first-order valence-corrected chi connectivity index (χ1v) is 5.30. The van der Waals surface area contributed by atoms with Crippen LogP contribution in [-0.4, -0.2) is 32.6 Å². The number of nitrogen functional groups attached to an aromatic ring is 2. The number of anilines is 3. The van der Waals surface area contributed by atoms with Crippen LogP contribution in [-0.2, 0) is 4.79 Å². The maximum atomic E-state index is 10.3. The number of nitrogens with one attached hydrogen (secondary N) is 1. The summed E-state index contributed by atoms with van der Waals surface area (Å²) in [6, 6.07) is 0. The van der Waals surface area contributed by atoms with Crippen LogP contribution < -0.4 is 16.8 Å². The van der Waals surface area contributed by atoms with Crippen molar-refractivity contribution in [2.45, 2.75) is 25.7 Å². The lowest BCUT2D eigenvalue weighted by Crippen LogP contribution is -2.10. The van der Waals surface area contributed by atoms with E-state index < -0.39 is 5.97 Å². The number of aromatic nitrogens is 3. The van der Waals surface area contributed by atoms with Crippen LogP contribution in [0.25, 0.3) is 0 Å². The fourth-order valence-corrected chi connectivity index (χ4v) is 1.27. The Balaban J connectivity index is 2.20. The van der Waals surface area contributed by atoms with E-state index in [-0.39, 0.29) is 18.3 Å². The number of carboxylic acid groups (broad SMARTS) is 1. The molecule has 0 radical (unpaired) electrons. The van der Waals surface area contributed by atoms with Gasteiger partial charge >= 0.3 is 5.97 Å². The van der Waals surface area contributed by atoms with E-state index in [0.717, 1.165) is 12.8 Å². The number of hydrogen-bond donors (Lipinski definition) is 4. The number of nitrogens with zero attached hydrogens (tertiary/aromatic N) is 3. The molecular formula is C9H16N6O2. The second kappa shape index (κ2) is 6.46.